The Morgan fingerprint density at radius 2 is 1.63 bits per heavy atom. The Bertz CT molecular complexity index is 1430. The fourth-order valence-corrected chi connectivity index (χ4v) is 3.85. The summed E-state index contributed by atoms with van der Waals surface area (Å²) in [7, 11) is 1.66. The van der Waals surface area contributed by atoms with E-state index in [2.05, 4.69) is 9.97 Å². The maximum atomic E-state index is 6.08. The van der Waals surface area contributed by atoms with Crippen LogP contribution in [0, 0.1) is 0 Å². The van der Waals surface area contributed by atoms with Crippen molar-refractivity contribution in [3.05, 3.63) is 90.6 Å². The lowest BCUT2D eigenvalue weighted by Gasteiger charge is -2.15. The molecule has 35 heavy (non-hydrogen) atoms. The number of fused-ring (bicyclic) bond motifs is 1. The molecular weight excluding hydrogens is 438 g/mol. The average Bonchev–Trinajstić information content (AvgIpc) is 3.32. The number of imidazole rings is 1. The lowest BCUT2D eigenvalue weighted by atomic mass is 10.1. The molecule has 0 spiro atoms. The molecule has 0 radical (unpaired) electrons. The molecule has 0 aliphatic rings. The van der Waals surface area contributed by atoms with E-state index in [9.17, 15) is 0 Å². The van der Waals surface area contributed by atoms with Crippen LogP contribution in [0.5, 0.6) is 17.2 Å². The van der Waals surface area contributed by atoms with Gasteiger partial charge in [0.1, 0.15) is 35.2 Å². The second kappa shape index (κ2) is 9.89. The van der Waals surface area contributed by atoms with Gasteiger partial charge in [-0.2, -0.15) is 0 Å². The van der Waals surface area contributed by atoms with Gasteiger partial charge in [-0.25, -0.2) is 9.97 Å². The SMILES string of the molecule is COc1ccc(-c2cnc3[nH]c(-c4cc(OCc5ccccc5)ccc4OC(C)C)nc3c2)cc1. The van der Waals surface area contributed by atoms with Gasteiger partial charge in [0.05, 0.1) is 18.8 Å². The van der Waals surface area contributed by atoms with Crippen molar-refractivity contribution in [3.63, 3.8) is 0 Å². The van der Waals surface area contributed by atoms with E-state index in [0.717, 1.165) is 45.0 Å². The lowest BCUT2D eigenvalue weighted by Crippen LogP contribution is -2.07. The van der Waals surface area contributed by atoms with Crippen molar-refractivity contribution in [2.45, 2.75) is 26.6 Å². The predicted octanol–water partition coefficient (Wildman–Crippen LogP) is 6.67. The van der Waals surface area contributed by atoms with E-state index in [0.29, 0.717) is 18.1 Å². The summed E-state index contributed by atoms with van der Waals surface area (Å²) in [6.45, 7) is 4.49. The summed E-state index contributed by atoms with van der Waals surface area (Å²) in [4.78, 5) is 12.8. The van der Waals surface area contributed by atoms with Crippen molar-refractivity contribution < 1.29 is 14.2 Å². The highest BCUT2D eigenvalue weighted by Crippen LogP contribution is 2.34. The molecule has 0 atom stereocenters. The van der Waals surface area contributed by atoms with Gasteiger partial charge in [0, 0.05) is 11.8 Å². The van der Waals surface area contributed by atoms with Crippen molar-refractivity contribution in [2.24, 2.45) is 0 Å². The average molecular weight is 466 g/mol. The number of aromatic amines is 1. The van der Waals surface area contributed by atoms with Gasteiger partial charge >= 0.3 is 0 Å². The standard InChI is InChI=1S/C29H27N3O3/c1-19(2)35-27-14-13-24(34-18-20-7-5-4-6-8-20)16-25(27)28-31-26-15-22(17-30-29(26)32-28)21-9-11-23(33-3)12-10-21/h4-17,19H,18H2,1-3H3,(H,30,31,32). The molecule has 0 saturated carbocycles. The fraction of sp³-hybridized carbons (Fsp3) is 0.172. The molecule has 0 bridgehead atoms. The molecule has 0 saturated heterocycles. The number of benzene rings is 3. The molecule has 2 heterocycles. The van der Waals surface area contributed by atoms with Gasteiger partial charge in [-0.15, -0.1) is 0 Å². The van der Waals surface area contributed by atoms with E-state index in [4.69, 9.17) is 19.2 Å². The molecule has 5 rings (SSSR count). The summed E-state index contributed by atoms with van der Waals surface area (Å²) in [6.07, 6.45) is 1.87. The van der Waals surface area contributed by atoms with Crippen LogP contribution in [0.2, 0.25) is 0 Å². The second-order valence-corrected chi connectivity index (χ2v) is 8.50. The van der Waals surface area contributed by atoms with Crippen molar-refractivity contribution >= 4 is 11.2 Å². The Morgan fingerprint density at radius 3 is 2.37 bits per heavy atom. The van der Waals surface area contributed by atoms with Crippen molar-refractivity contribution in [3.8, 4) is 39.8 Å². The van der Waals surface area contributed by atoms with Gasteiger partial charge in [0.15, 0.2) is 5.65 Å². The monoisotopic (exact) mass is 465 g/mol. The number of rotatable bonds is 8. The molecule has 6 nitrogen and oxygen atoms in total. The van der Waals surface area contributed by atoms with Gasteiger partial charge in [0.25, 0.3) is 0 Å². The van der Waals surface area contributed by atoms with Crippen LogP contribution in [0.1, 0.15) is 19.4 Å². The van der Waals surface area contributed by atoms with E-state index in [1.54, 1.807) is 7.11 Å². The number of ether oxygens (including phenoxy) is 3. The Kier molecular flexibility index (Phi) is 6.35. The van der Waals surface area contributed by atoms with Crippen molar-refractivity contribution in [1.29, 1.82) is 0 Å². The number of H-pyrrole nitrogens is 1. The largest absolute Gasteiger partial charge is 0.497 e. The number of methoxy groups -OCH3 is 1. The molecule has 0 aliphatic carbocycles. The molecule has 2 aromatic heterocycles. The molecule has 3 aromatic carbocycles. The van der Waals surface area contributed by atoms with Crippen LogP contribution in [0.25, 0.3) is 33.7 Å². The lowest BCUT2D eigenvalue weighted by molar-refractivity contribution is 0.242. The molecule has 0 amide bonds. The van der Waals surface area contributed by atoms with Crippen LogP contribution in [-0.2, 0) is 6.61 Å². The number of hydrogen-bond donors (Lipinski definition) is 1. The summed E-state index contributed by atoms with van der Waals surface area (Å²) < 4.78 is 17.4. The Balaban J connectivity index is 1.48. The first-order chi connectivity index (χ1) is 17.1. The molecule has 0 fully saturated rings. The first-order valence-electron chi connectivity index (χ1n) is 11.6. The molecule has 176 valence electrons. The summed E-state index contributed by atoms with van der Waals surface area (Å²) in [5.41, 5.74) is 5.45. The van der Waals surface area contributed by atoms with Crippen molar-refractivity contribution in [1.82, 2.24) is 15.0 Å². The normalized spacial score (nSPS) is 11.1. The minimum absolute atomic E-state index is 0.0222. The smallest absolute Gasteiger partial charge is 0.157 e. The van der Waals surface area contributed by atoms with Gasteiger partial charge in [0.2, 0.25) is 0 Å². The van der Waals surface area contributed by atoms with Crippen LogP contribution >= 0.6 is 0 Å². The maximum Gasteiger partial charge on any atom is 0.157 e. The maximum absolute atomic E-state index is 6.08. The van der Waals surface area contributed by atoms with Crippen molar-refractivity contribution in [2.75, 3.05) is 7.11 Å². The van der Waals surface area contributed by atoms with Crippen LogP contribution in [0.4, 0.5) is 0 Å². The summed E-state index contributed by atoms with van der Waals surface area (Å²) >= 11 is 0. The number of pyridine rings is 1. The van der Waals surface area contributed by atoms with Gasteiger partial charge < -0.3 is 19.2 Å². The number of hydrogen-bond acceptors (Lipinski definition) is 5. The fourth-order valence-electron chi connectivity index (χ4n) is 3.85. The van der Waals surface area contributed by atoms with E-state index in [-0.39, 0.29) is 6.10 Å². The Hall–Kier alpha value is -4.32. The predicted molar refractivity (Wildman–Crippen MR) is 138 cm³/mol. The van der Waals surface area contributed by atoms with Crippen LogP contribution in [0.3, 0.4) is 0 Å². The topological polar surface area (TPSA) is 69.3 Å². The van der Waals surface area contributed by atoms with E-state index >= 15 is 0 Å². The quantitative estimate of drug-likeness (QED) is 0.277. The zero-order valence-electron chi connectivity index (χ0n) is 20.0. The summed E-state index contributed by atoms with van der Waals surface area (Å²) in [6, 6.07) is 25.8. The molecular formula is C29H27N3O3. The van der Waals surface area contributed by atoms with Crippen LogP contribution < -0.4 is 14.2 Å². The third-order valence-corrected chi connectivity index (χ3v) is 5.58. The van der Waals surface area contributed by atoms with E-state index < -0.39 is 0 Å². The molecule has 5 aromatic rings. The van der Waals surface area contributed by atoms with Crippen LogP contribution in [-0.4, -0.2) is 28.2 Å². The highest BCUT2D eigenvalue weighted by atomic mass is 16.5. The third-order valence-electron chi connectivity index (χ3n) is 5.58. The number of nitrogens with one attached hydrogen (secondary N) is 1. The van der Waals surface area contributed by atoms with Gasteiger partial charge in [-0.05, 0) is 61.4 Å². The first kappa shape index (κ1) is 22.5. The number of nitrogens with zero attached hydrogens (tertiary/aromatic N) is 2. The minimum Gasteiger partial charge on any atom is -0.497 e. The molecule has 1 N–H and O–H groups in total. The Labute approximate surface area is 204 Å². The second-order valence-electron chi connectivity index (χ2n) is 8.50. The molecule has 0 aliphatic heterocycles. The summed E-state index contributed by atoms with van der Waals surface area (Å²) in [5.74, 6) is 2.98. The zero-order chi connectivity index (χ0) is 24.2. The third kappa shape index (κ3) is 5.11. The summed E-state index contributed by atoms with van der Waals surface area (Å²) in [5, 5.41) is 0. The van der Waals surface area contributed by atoms with Gasteiger partial charge in [-0.3, -0.25) is 0 Å². The van der Waals surface area contributed by atoms with Gasteiger partial charge in [-0.1, -0.05) is 42.5 Å². The molecule has 6 heteroatoms. The van der Waals surface area contributed by atoms with E-state index in [1.165, 1.54) is 0 Å². The van der Waals surface area contributed by atoms with E-state index in [1.807, 2.05) is 98.9 Å². The molecule has 0 unspecified atom stereocenters. The highest BCUT2D eigenvalue weighted by Gasteiger charge is 2.15. The first-order valence-corrected chi connectivity index (χ1v) is 11.6. The zero-order valence-corrected chi connectivity index (χ0v) is 20.0. The van der Waals surface area contributed by atoms with Crippen LogP contribution in [0.15, 0.2) is 85.1 Å². The Morgan fingerprint density at radius 1 is 0.857 bits per heavy atom. The minimum atomic E-state index is 0.0222. The number of aromatic nitrogens is 3. The highest BCUT2D eigenvalue weighted by molar-refractivity contribution is 5.82.